The zero-order valence-electron chi connectivity index (χ0n) is 12.8. The summed E-state index contributed by atoms with van der Waals surface area (Å²) in [4.78, 5) is 3.07. The minimum Gasteiger partial charge on any atom is -0.218 e. The van der Waals surface area contributed by atoms with Crippen LogP contribution in [0.15, 0.2) is 49.1 Å². The number of hydrogen-bond donors (Lipinski definition) is 0. The van der Waals surface area contributed by atoms with Gasteiger partial charge in [0.25, 0.3) is 0 Å². The normalized spacial score (nSPS) is 15.4. The van der Waals surface area contributed by atoms with Crippen molar-refractivity contribution >= 4 is 0 Å². The summed E-state index contributed by atoms with van der Waals surface area (Å²) >= 11 is 0. The Hall–Kier alpha value is -1.70. The van der Waals surface area contributed by atoms with Crippen LogP contribution in [0.4, 0.5) is 0 Å². The lowest BCUT2D eigenvalue weighted by Crippen LogP contribution is -2.32. The average Bonchev–Trinajstić information content (AvgIpc) is 3.06. The molecule has 0 bridgehead atoms. The van der Waals surface area contributed by atoms with Crippen LogP contribution in [-0.4, -0.2) is 0 Å². The van der Waals surface area contributed by atoms with Gasteiger partial charge in [-0.05, 0) is 23.5 Å². The van der Waals surface area contributed by atoms with Gasteiger partial charge in [-0.15, -0.1) is 0 Å². The van der Waals surface area contributed by atoms with E-state index in [4.69, 9.17) is 0 Å². The molecule has 0 amide bonds. The average molecular weight is 282 g/mol. The minimum atomic E-state index is 1.03. The Morgan fingerprint density at radius 2 is 1.57 bits per heavy atom. The lowest BCUT2D eigenvalue weighted by atomic mass is 10.0. The molecule has 0 aromatic carbocycles. The Kier molecular flexibility index (Phi) is 4.99. The van der Waals surface area contributed by atoms with Gasteiger partial charge < -0.3 is 0 Å². The monoisotopic (exact) mass is 282 g/mol. The zero-order valence-corrected chi connectivity index (χ0v) is 12.8. The Labute approximate surface area is 127 Å². The van der Waals surface area contributed by atoms with Crippen LogP contribution in [0.1, 0.15) is 44.9 Å². The van der Waals surface area contributed by atoms with E-state index in [0.29, 0.717) is 0 Å². The molecule has 2 aromatic heterocycles. The maximum atomic E-state index is 3.07. The molecule has 3 rings (SSSR count). The largest absolute Gasteiger partial charge is 0.218 e. The number of pyridine rings is 2. The van der Waals surface area contributed by atoms with E-state index in [1.54, 1.807) is 0 Å². The predicted molar refractivity (Wildman–Crippen MR) is 84.4 cm³/mol. The maximum absolute atomic E-state index is 3.07. The summed E-state index contributed by atoms with van der Waals surface area (Å²) in [6, 6.07) is 8.65. The summed E-state index contributed by atoms with van der Waals surface area (Å²) < 4.78 is 2.31. The molecule has 0 saturated heterocycles. The van der Waals surface area contributed by atoms with E-state index in [0.717, 1.165) is 12.5 Å². The molecule has 2 heterocycles. The summed E-state index contributed by atoms with van der Waals surface area (Å²) in [5.74, 6) is 1.03. The van der Waals surface area contributed by atoms with Crippen molar-refractivity contribution in [3.05, 3.63) is 49.1 Å². The van der Waals surface area contributed by atoms with Crippen molar-refractivity contribution in [2.75, 3.05) is 0 Å². The lowest BCUT2D eigenvalue weighted by molar-refractivity contribution is -0.697. The zero-order chi connectivity index (χ0) is 14.3. The first-order chi connectivity index (χ1) is 10.4. The van der Waals surface area contributed by atoms with E-state index >= 15 is 0 Å². The van der Waals surface area contributed by atoms with E-state index < -0.39 is 0 Å². The smallest absolute Gasteiger partial charge is 0.169 e. The standard InChI is InChI=1S/C19H25N2/c1-2-6-17(5-1)7-3-4-14-21-15-10-19(11-16-21)18-8-12-20-13-9-18/h8-13,15-17H,1-7,14H2/q+1/p+1. The van der Waals surface area contributed by atoms with Crippen molar-refractivity contribution < 1.29 is 9.55 Å². The van der Waals surface area contributed by atoms with Crippen LogP contribution in [0.25, 0.3) is 11.1 Å². The molecular formula is C19H26N2+2. The van der Waals surface area contributed by atoms with Gasteiger partial charge in [0.15, 0.2) is 24.8 Å². The molecule has 1 N–H and O–H groups in total. The van der Waals surface area contributed by atoms with E-state index in [1.165, 1.54) is 56.1 Å². The SMILES string of the molecule is c1cc(-c2cc[n+](CCCCC3CCCC3)cc2)cc[nH+]1. The summed E-state index contributed by atoms with van der Waals surface area (Å²) in [7, 11) is 0. The number of rotatable bonds is 6. The number of nitrogens with zero attached hydrogens (tertiary/aromatic N) is 1. The Bertz CT molecular complexity index is 527. The van der Waals surface area contributed by atoms with Crippen LogP contribution in [0.5, 0.6) is 0 Å². The van der Waals surface area contributed by atoms with E-state index in [-0.39, 0.29) is 0 Å². The number of H-pyrrole nitrogens is 1. The van der Waals surface area contributed by atoms with Crippen LogP contribution >= 0.6 is 0 Å². The van der Waals surface area contributed by atoms with Crippen molar-refractivity contribution in [1.29, 1.82) is 0 Å². The highest BCUT2D eigenvalue weighted by molar-refractivity contribution is 5.60. The molecule has 1 saturated carbocycles. The van der Waals surface area contributed by atoms with Crippen molar-refractivity contribution in [2.45, 2.75) is 51.5 Å². The molecule has 2 aromatic rings. The number of aryl methyl sites for hydroxylation is 1. The Morgan fingerprint density at radius 1 is 0.905 bits per heavy atom. The molecular weight excluding hydrogens is 256 g/mol. The second kappa shape index (κ2) is 7.35. The van der Waals surface area contributed by atoms with Crippen LogP contribution in [-0.2, 0) is 6.54 Å². The summed E-state index contributed by atoms with van der Waals surface area (Å²) in [6.45, 7) is 1.15. The van der Waals surface area contributed by atoms with Crippen LogP contribution in [0.3, 0.4) is 0 Å². The molecule has 21 heavy (non-hydrogen) atoms. The topological polar surface area (TPSA) is 18.0 Å². The molecule has 0 aliphatic heterocycles. The molecule has 2 heteroatoms. The minimum absolute atomic E-state index is 1.03. The van der Waals surface area contributed by atoms with Crippen LogP contribution < -0.4 is 9.55 Å². The molecule has 0 spiro atoms. The quantitative estimate of drug-likeness (QED) is 0.566. The molecule has 2 nitrogen and oxygen atoms in total. The number of aromatic nitrogens is 2. The van der Waals surface area contributed by atoms with Gasteiger partial charge in [-0.2, -0.15) is 0 Å². The van der Waals surface area contributed by atoms with Crippen LogP contribution in [0, 0.1) is 5.92 Å². The highest BCUT2D eigenvalue weighted by atomic mass is 14.9. The maximum Gasteiger partial charge on any atom is 0.169 e. The Morgan fingerprint density at radius 3 is 2.29 bits per heavy atom. The molecule has 0 atom stereocenters. The first kappa shape index (κ1) is 14.2. The van der Waals surface area contributed by atoms with Gasteiger partial charge in [-0.3, -0.25) is 0 Å². The molecule has 0 radical (unpaired) electrons. The third-order valence-electron chi connectivity index (χ3n) is 4.70. The van der Waals surface area contributed by atoms with Gasteiger partial charge in [0.2, 0.25) is 0 Å². The summed E-state index contributed by atoms with van der Waals surface area (Å²) in [5.41, 5.74) is 2.55. The van der Waals surface area contributed by atoms with Crippen molar-refractivity contribution in [3.63, 3.8) is 0 Å². The lowest BCUT2D eigenvalue weighted by Gasteiger charge is -2.06. The van der Waals surface area contributed by atoms with E-state index in [1.807, 2.05) is 12.4 Å². The third-order valence-corrected chi connectivity index (χ3v) is 4.70. The van der Waals surface area contributed by atoms with Crippen molar-refractivity contribution in [3.8, 4) is 11.1 Å². The number of aromatic amines is 1. The fourth-order valence-electron chi connectivity index (χ4n) is 3.40. The van der Waals surface area contributed by atoms with E-state index in [9.17, 15) is 0 Å². The first-order valence-corrected chi connectivity index (χ1v) is 8.37. The van der Waals surface area contributed by atoms with Crippen molar-refractivity contribution in [1.82, 2.24) is 0 Å². The van der Waals surface area contributed by atoms with E-state index in [2.05, 4.69) is 46.2 Å². The first-order valence-electron chi connectivity index (χ1n) is 8.37. The highest BCUT2D eigenvalue weighted by Crippen LogP contribution is 2.28. The molecule has 1 aliphatic carbocycles. The molecule has 1 aliphatic rings. The van der Waals surface area contributed by atoms with Crippen LogP contribution in [0.2, 0.25) is 0 Å². The summed E-state index contributed by atoms with van der Waals surface area (Å²) in [6.07, 6.45) is 18.4. The second-order valence-electron chi connectivity index (χ2n) is 6.26. The molecule has 110 valence electrons. The van der Waals surface area contributed by atoms with Gasteiger partial charge >= 0.3 is 0 Å². The van der Waals surface area contributed by atoms with Gasteiger partial charge in [0, 0.05) is 30.7 Å². The summed E-state index contributed by atoms with van der Waals surface area (Å²) in [5, 5.41) is 0. The Balaban J connectivity index is 1.46. The number of unbranched alkanes of at least 4 members (excludes halogenated alkanes) is 1. The van der Waals surface area contributed by atoms with Crippen molar-refractivity contribution in [2.24, 2.45) is 5.92 Å². The second-order valence-corrected chi connectivity index (χ2v) is 6.26. The molecule has 1 fully saturated rings. The number of nitrogens with one attached hydrogen (secondary N) is 1. The molecule has 0 unspecified atom stereocenters. The number of hydrogen-bond acceptors (Lipinski definition) is 0. The van der Waals surface area contributed by atoms with Gasteiger partial charge in [-0.25, -0.2) is 9.55 Å². The van der Waals surface area contributed by atoms with Gasteiger partial charge in [0.1, 0.15) is 6.54 Å². The third kappa shape index (κ3) is 4.13. The predicted octanol–water partition coefficient (Wildman–Crippen LogP) is 3.82. The van der Waals surface area contributed by atoms with Gasteiger partial charge in [0.05, 0.1) is 0 Å². The fourth-order valence-corrected chi connectivity index (χ4v) is 3.40. The highest BCUT2D eigenvalue weighted by Gasteiger charge is 2.14. The van der Waals surface area contributed by atoms with Gasteiger partial charge in [-0.1, -0.05) is 32.1 Å². The fraction of sp³-hybridized carbons (Fsp3) is 0.474.